The number of para-hydroxylation sites is 2. The lowest BCUT2D eigenvalue weighted by Crippen LogP contribution is -2.15. The minimum Gasteiger partial charge on any atom is -0.258 e. The largest absolute Gasteiger partial charge is 0.433 e. The Labute approximate surface area is 105 Å². The quantitative estimate of drug-likeness (QED) is 0.622. The van der Waals surface area contributed by atoms with E-state index in [0.29, 0.717) is 4.68 Å². The molecule has 2 rings (SSSR count). The van der Waals surface area contributed by atoms with Crippen LogP contribution in [0.3, 0.4) is 0 Å². The lowest BCUT2D eigenvalue weighted by atomic mass is 10.2. The smallest absolute Gasteiger partial charge is 0.258 e. The maximum Gasteiger partial charge on any atom is 0.433 e. The lowest BCUT2D eigenvalue weighted by molar-refractivity contribution is -0.384. The fourth-order valence-electron chi connectivity index (χ4n) is 1.75. The molecule has 1 aromatic carbocycles. The summed E-state index contributed by atoms with van der Waals surface area (Å²) in [5.41, 5.74) is -1.75. The summed E-state index contributed by atoms with van der Waals surface area (Å²) in [5.74, 6) is 0. The number of nitrogens with zero attached hydrogens (tertiary/aromatic N) is 3. The van der Waals surface area contributed by atoms with E-state index in [-0.39, 0.29) is 11.3 Å². The van der Waals surface area contributed by atoms with Gasteiger partial charge < -0.3 is 0 Å². The lowest BCUT2D eigenvalue weighted by Gasteiger charge is -2.11. The number of benzene rings is 1. The highest BCUT2D eigenvalue weighted by molar-refractivity contribution is 5.53. The van der Waals surface area contributed by atoms with Gasteiger partial charge in [-0.2, -0.15) is 18.3 Å². The van der Waals surface area contributed by atoms with Gasteiger partial charge in [0.1, 0.15) is 5.69 Å². The van der Waals surface area contributed by atoms with E-state index >= 15 is 0 Å². The molecule has 0 saturated carbocycles. The maximum absolute atomic E-state index is 12.9. The summed E-state index contributed by atoms with van der Waals surface area (Å²) in [6.45, 7) is 1.25. The van der Waals surface area contributed by atoms with Gasteiger partial charge in [0.15, 0.2) is 5.69 Å². The summed E-state index contributed by atoms with van der Waals surface area (Å²) in [5, 5.41) is 14.4. The van der Waals surface area contributed by atoms with Crippen LogP contribution in [0.5, 0.6) is 0 Å². The summed E-state index contributed by atoms with van der Waals surface area (Å²) < 4.78 is 39.3. The first-order chi connectivity index (χ1) is 8.82. The molecule has 2 aromatic rings. The van der Waals surface area contributed by atoms with Crippen molar-refractivity contribution in [1.82, 2.24) is 9.78 Å². The van der Waals surface area contributed by atoms with E-state index in [4.69, 9.17) is 0 Å². The third-order valence-corrected chi connectivity index (χ3v) is 2.53. The summed E-state index contributed by atoms with van der Waals surface area (Å²) in [4.78, 5) is 10.1. The van der Waals surface area contributed by atoms with Crippen LogP contribution in [-0.4, -0.2) is 14.7 Å². The number of hydrogen-bond acceptors (Lipinski definition) is 3. The monoisotopic (exact) mass is 271 g/mol. The van der Waals surface area contributed by atoms with Gasteiger partial charge in [-0.05, 0) is 18.6 Å². The summed E-state index contributed by atoms with van der Waals surface area (Å²) in [6.07, 6.45) is -3.61. The van der Waals surface area contributed by atoms with Gasteiger partial charge in [0.2, 0.25) is 0 Å². The topological polar surface area (TPSA) is 61.0 Å². The molecule has 8 heteroatoms. The molecule has 0 saturated heterocycles. The van der Waals surface area contributed by atoms with Gasteiger partial charge in [0.05, 0.1) is 11.1 Å². The van der Waals surface area contributed by atoms with E-state index in [1.165, 1.54) is 25.1 Å². The molecule has 5 nitrogen and oxygen atoms in total. The molecule has 1 heterocycles. The van der Waals surface area contributed by atoms with Crippen molar-refractivity contribution in [2.24, 2.45) is 0 Å². The number of halogens is 3. The van der Waals surface area contributed by atoms with Crippen molar-refractivity contribution < 1.29 is 18.1 Å². The van der Waals surface area contributed by atoms with Crippen LogP contribution in [0.2, 0.25) is 0 Å². The average Bonchev–Trinajstić information content (AvgIpc) is 2.70. The second-order valence-corrected chi connectivity index (χ2v) is 3.83. The number of rotatable bonds is 2. The van der Waals surface area contributed by atoms with Gasteiger partial charge in [-0.15, -0.1) is 0 Å². The Balaban J connectivity index is 2.71. The Bertz CT molecular complexity index is 634. The average molecular weight is 271 g/mol. The molecule has 0 atom stereocenters. The van der Waals surface area contributed by atoms with Gasteiger partial charge in [0, 0.05) is 6.07 Å². The van der Waals surface area contributed by atoms with Gasteiger partial charge in [-0.25, -0.2) is 4.68 Å². The van der Waals surface area contributed by atoms with Crippen LogP contribution < -0.4 is 0 Å². The SMILES string of the molecule is Cc1cnn(-c2ccccc2[N+](=O)[O-])c1C(F)(F)F. The first-order valence-corrected chi connectivity index (χ1v) is 5.18. The molecular weight excluding hydrogens is 263 g/mol. The highest BCUT2D eigenvalue weighted by atomic mass is 19.4. The van der Waals surface area contributed by atoms with Gasteiger partial charge in [-0.1, -0.05) is 12.1 Å². The molecule has 0 amide bonds. The Morgan fingerprint density at radius 2 is 1.95 bits per heavy atom. The summed E-state index contributed by atoms with van der Waals surface area (Å²) >= 11 is 0. The van der Waals surface area contributed by atoms with Crippen LogP contribution in [0.15, 0.2) is 30.5 Å². The molecule has 100 valence electrons. The highest BCUT2D eigenvalue weighted by Crippen LogP contribution is 2.35. The van der Waals surface area contributed by atoms with E-state index in [0.717, 1.165) is 12.3 Å². The van der Waals surface area contributed by atoms with Crippen molar-refractivity contribution >= 4 is 5.69 Å². The predicted molar refractivity (Wildman–Crippen MR) is 60.0 cm³/mol. The van der Waals surface area contributed by atoms with Crippen molar-refractivity contribution in [3.63, 3.8) is 0 Å². The summed E-state index contributed by atoms with van der Waals surface area (Å²) in [6, 6.07) is 5.15. The van der Waals surface area contributed by atoms with E-state index in [9.17, 15) is 23.3 Å². The molecule has 0 aliphatic rings. The second-order valence-electron chi connectivity index (χ2n) is 3.83. The third kappa shape index (κ3) is 2.28. The molecule has 0 aliphatic heterocycles. The van der Waals surface area contributed by atoms with Crippen LogP contribution in [0.25, 0.3) is 5.69 Å². The number of hydrogen-bond donors (Lipinski definition) is 0. The number of nitro benzene ring substituents is 1. The van der Waals surface area contributed by atoms with Gasteiger partial charge >= 0.3 is 6.18 Å². The predicted octanol–water partition coefficient (Wildman–Crippen LogP) is 3.11. The highest BCUT2D eigenvalue weighted by Gasteiger charge is 2.38. The van der Waals surface area contributed by atoms with Crippen LogP contribution in [0.1, 0.15) is 11.3 Å². The van der Waals surface area contributed by atoms with Crippen LogP contribution >= 0.6 is 0 Å². The van der Waals surface area contributed by atoms with Crippen LogP contribution in [0.4, 0.5) is 18.9 Å². The van der Waals surface area contributed by atoms with Crippen molar-refractivity contribution in [1.29, 1.82) is 0 Å². The fraction of sp³-hybridized carbons (Fsp3) is 0.182. The van der Waals surface area contributed by atoms with E-state index in [1.54, 1.807) is 0 Å². The van der Waals surface area contributed by atoms with Crippen LogP contribution in [0, 0.1) is 17.0 Å². The van der Waals surface area contributed by atoms with E-state index in [2.05, 4.69) is 5.10 Å². The molecule has 1 aromatic heterocycles. The van der Waals surface area contributed by atoms with Gasteiger partial charge in [0.25, 0.3) is 5.69 Å². The van der Waals surface area contributed by atoms with Gasteiger partial charge in [-0.3, -0.25) is 10.1 Å². The first kappa shape index (κ1) is 13.1. The van der Waals surface area contributed by atoms with E-state index < -0.39 is 22.5 Å². The number of aromatic nitrogens is 2. The van der Waals surface area contributed by atoms with Crippen molar-refractivity contribution in [3.8, 4) is 5.69 Å². The molecule has 19 heavy (non-hydrogen) atoms. The number of nitro groups is 1. The maximum atomic E-state index is 12.9. The Morgan fingerprint density at radius 1 is 1.32 bits per heavy atom. The molecule has 0 aliphatic carbocycles. The molecule has 0 unspecified atom stereocenters. The molecule has 0 bridgehead atoms. The molecule has 0 spiro atoms. The van der Waals surface area contributed by atoms with Crippen molar-refractivity contribution in [2.45, 2.75) is 13.1 Å². The molecular formula is C11H8F3N3O2. The Kier molecular flexibility index (Phi) is 3.01. The number of alkyl halides is 3. The Hall–Kier alpha value is -2.38. The Morgan fingerprint density at radius 3 is 2.53 bits per heavy atom. The molecule has 0 fully saturated rings. The van der Waals surface area contributed by atoms with Crippen LogP contribution in [-0.2, 0) is 6.18 Å². The zero-order chi connectivity index (χ0) is 14.2. The zero-order valence-electron chi connectivity index (χ0n) is 9.68. The summed E-state index contributed by atoms with van der Waals surface area (Å²) in [7, 11) is 0. The second kappa shape index (κ2) is 4.38. The molecule has 0 radical (unpaired) electrons. The van der Waals surface area contributed by atoms with E-state index in [1.807, 2.05) is 0 Å². The zero-order valence-corrected chi connectivity index (χ0v) is 9.68. The standard InChI is InChI=1S/C11H8F3N3O2/c1-7-6-15-16(10(7)11(12,13)14)8-4-2-3-5-9(8)17(18)19/h2-6H,1H3. The normalized spacial score (nSPS) is 11.6. The molecule has 0 N–H and O–H groups in total. The minimum atomic E-state index is -4.63. The van der Waals surface area contributed by atoms with Crippen molar-refractivity contribution in [3.05, 3.63) is 51.8 Å². The number of aryl methyl sites for hydroxylation is 1. The fourth-order valence-corrected chi connectivity index (χ4v) is 1.75. The van der Waals surface area contributed by atoms with Crippen molar-refractivity contribution in [2.75, 3.05) is 0 Å². The first-order valence-electron chi connectivity index (χ1n) is 5.18. The third-order valence-electron chi connectivity index (χ3n) is 2.53. The minimum absolute atomic E-state index is 0.0920.